The third-order valence-corrected chi connectivity index (χ3v) is 4.46. The van der Waals surface area contributed by atoms with Gasteiger partial charge < -0.3 is 9.84 Å². The predicted octanol–water partition coefficient (Wildman–Crippen LogP) is 3.45. The molecule has 4 rings (SSSR count). The van der Waals surface area contributed by atoms with Crippen molar-refractivity contribution in [1.82, 2.24) is 20.0 Å². The fourth-order valence-electron chi connectivity index (χ4n) is 2.97. The summed E-state index contributed by atoms with van der Waals surface area (Å²) in [5.41, 5.74) is 2.77. The number of aromatic hydroxyl groups is 1. The molecule has 0 bridgehead atoms. The Morgan fingerprint density at radius 1 is 1.03 bits per heavy atom. The molecular weight excluding hydrogens is 392 g/mol. The minimum atomic E-state index is 0.0563. The van der Waals surface area contributed by atoms with Crippen LogP contribution in [-0.2, 0) is 16.4 Å². The van der Waals surface area contributed by atoms with Crippen molar-refractivity contribution in [2.24, 2.45) is 0 Å². The number of aromatic nitrogens is 4. The molecule has 0 fully saturated rings. The Balaban J connectivity index is 1.70. The topological polar surface area (TPSA) is 91.5 Å². The van der Waals surface area contributed by atoms with Crippen LogP contribution >= 0.6 is 12.6 Å². The van der Waals surface area contributed by atoms with Crippen LogP contribution in [-0.4, -0.2) is 44.1 Å². The van der Waals surface area contributed by atoms with Crippen molar-refractivity contribution >= 4 is 34.4 Å². The first-order chi connectivity index (χ1) is 14.2. The van der Waals surface area contributed by atoms with Gasteiger partial charge in [0.1, 0.15) is 23.3 Å². The lowest BCUT2D eigenvalue weighted by Crippen LogP contribution is -2.02. The summed E-state index contributed by atoms with van der Waals surface area (Å²) < 4.78 is 5.61. The summed E-state index contributed by atoms with van der Waals surface area (Å²) in [5.74, 6) is 1.08. The first-order valence-corrected chi connectivity index (χ1v) is 9.79. The van der Waals surface area contributed by atoms with E-state index in [-0.39, 0.29) is 5.75 Å². The van der Waals surface area contributed by atoms with Crippen LogP contribution in [0.3, 0.4) is 0 Å². The second kappa shape index (κ2) is 8.64. The van der Waals surface area contributed by atoms with E-state index in [9.17, 15) is 5.11 Å². The highest BCUT2D eigenvalue weighted by molar-refractivity contribution is 7.80. The molecule has 0 aliphatic heterocycles. The van der Waals surface area contributed by atoms with E-state index in [1.165, 1.54) is 4.80 Å². The number of pyridine rings is 1. The van der Waals surface area contributed by atoms with Crippen molar-refractivity contribution in [2.45, 2.75) is 13.5 Å². The monoisotopic (exact) mass is 412 g/mol. The summed E-state index contributed by atoms with van der Waals surface area (Å²) in [6.45, 7) is 3.09. The molecule has 0 unspecified atom stereocenters. The van der Waals surface area contributed by atoms with Gasteiger partial charge >= 0.3 is 0 Å². The van der Waals surface area contributed by atoms with Crippen LogP contribution in [0.25, 0.3) is 27.5 Å². The summed E-state index contributed by atoms with van der Waals surface area (Å²) in [7, 11) is 0. The Kier molecular flexibility index (Phi) is 5.79. The summed E-state index contributed by atoms with van der Waals surface area (Å²) in [6, 6.07) is 10.9. The molecule has 0 spiro atoms. The second-order valence-corrected chi connectivity index (χ2v) is 6.65. The van der Waals surface area contributed by atoms with Gasteiger partial charge in [-0.25, -0.2) is 14.8 Å². The number of fused-ring (bicyclic) bond motifs is 2. The van der Waals surface area contributed by atoms with Crippen molar-refractivity contribution in [1.29, 1.82) is 0 Å². The number of phenolic OH excluding ortho intramolecular Hbond substituents is 1. The molecule has 0 atom stereocenters. The van der Waals surface area contributed by atoms with Gasteiger partial charge in [-0.15, -0.1) is 15.0 Å². The standard InChI is InChI=1S/C20H20N4O4S/c1-2-27-28-12-13-3-5-16-17(11-13)23-24(22-16)18-6-4-15-14(19(18)25)7-8-21-20(15)26-9-10-29/h3-8,11,25,29H,2,9-10,12H2,1H3. The van der Waals surface area contributed by atoms with Crippen molar-refractivity contribution in [3.63, 3.8) is 0 Å². The highest BCUT2D eigenvalue weighted by atomic mass is 32.1. The average molecular weight is 412 g/mol. The number of rotatable bonds is 8. The zero-order valence-corrected chi connectivity index (χ0v) is 16.7. The van der Waals surface area contributed by atoms with Gasteiger partial charge in [0.2, 0.25) is 5.88 Å². The van der Waals surface area contributed by atoms with Gasteiger partial charge in [-0.05, 0) is 42.8 Å². The third-order valence-electron chi connectivity index (χ3n) is 4.28. The van der Waals surface area contributed by atoms with E-state index in [0.717, 1.165) is 5.56 Å². The summed E-state index contributed by atoms with van der Waals surface area (Å²) >= 11 is 4.15. The smallest absolute Gasteiger partial charge is 0.221 e. The molecule has 0 amide bonds. The summed E-state index contributed by atoms with van der Waals surface area (Å²) in [5, 5.41) is 21.1. The molecule has 1 N–H and O–H groups in total. The van der Waals surface area contributed by atoms with Crippen LogP contribution in [0.1, 0.15) is 12.5 Å². The Morgan fingerprint density at radius 2 is 1.90 bits per heavy atom. The summed E-state index contributed by atoms with van der Waals surface area (Å²) in [4.78, 5) is 15.7. The van der Waals surface area contributed by atoms with Gasteiger partial charge in [0.05, 0.1) is 13.2 Å². The molecular formula is C20H20N4O4S. The first-order valence-electron chi connectivity index (χ1n) is 9.16. The maximum Gasteiger partial charge on any atom is 0.221 e. The quantitative estimate of drug-likeness (QED) is 0.198. The van der Waals surface area contributed by atoms with Crippen LogP contribution in [0.15, 0.2) is 42.6 Å². The van der Waals surface area contributed by atoms with Crippen LogP contribution in [0.5, 0.6) is 11.6 Å². The number of benzene rings is 2. The number of nitrogens with zero attached hydrogens (tertiary/aromatic N) is 4. The van der Waals surface area contributed by atoms with Crippen LogP contribution in [0.2, 0.25) is 0 Å². The van der Waals surface area contributed by atoms with Crippen molar-refractivity contribution in [3.05, 3.63) is 48.2 Å². The molecule has 0 radical (unpaired) electrons. The molecule has 9 heteroatoms. The van der Waals surface area contributed by atoms with E-state index in [2.05, 4.69) is 27.8 Å². The van der Waals surface area contributed by atoms with E-state index >= 15 is 0 Å². The number of hydrogen-bond acceptors (Lipinski definition) is 8. The normalized spacial score (nSPS) is 11.4. The minimum absolute atomic E-state index is 0.0563. The van der Waals surface area contributed by atoms with Crippen LogP contribution in [0, 0.1) is 0 Å². The van der Waals surface area contributed by atoms with Crippen LogP contribution in [0.4, 0.5) is 0 Å². The highest BCUT2D eigenvalue weighted by Crippen LogP contribution is 2.34. The highest BCUT2D eigenvalue weighted by Gasteiger charge is 2.15. The Bertz CT molecular complexity index is 1150. The fraction of sp³-hybridized carbons (Fsp3) is 0.250. The predicted molar refractivity (Wildman–Crippen MR) is 112 cm³/mol. The molecule has 4 aromatic rings. The number of ether oxygens (including phenoxy) is 1. The number of hydrogen-bond donors (Lipinski definition) is 2. The maximum absolute atomic E-state index is 10.8. The average Bonchev–Trinajstić information content (AvgIpc) is 3.16. The Morgan fingerprint density at radius 3 is 2.72 bits per heavy atom. The molecule has 0 aliphatic carbocycles. The van der Waals surface area contributed by atoms with Crippen molar-refractivity contribution in [3.8, 4) is 17.3 Å². The van der Waals surface area contributed by atoms with Gasteiger partial charge in [0, 0.05) is 22.7 Å². The van der Waals surface area contributed by atoms with Crippen molar-refractivity contribution in [2.75, 3.05) is 19.0 Å². The SMILES string of the molecule is CCOOCc1ccc2nn(-c3ccc4c(OCCS)nccc4c3O)nc2c1. The van der Waals surface area contributed by atoms with E-state index in [1.54, 1.807) is 18.3 Å². The third kappa shape index (κ3) is 3.98. The zero-order valence-electron chi connectivity index (χ0n) is 15.8. The minimum Gasteiger partial charge on any atom is -0.505 e. The van der Waals surface area contributed by atoms with Gasteiger partial charge in [0.25, 0.3) is 0 Å². The molecule has 0 saturated carbocycles. The van der Waals surface area contributed by atoms with Crippen LogP contribution < -0.4 is 4.74 Å². The molecule has 150 valence electrons. The van der Waals surface area contributed by atoms with Gasteiger partial charge in [-0.1, -0.05) is 6.07 Å². The van der Waals surface area contributed by atoms with E-state index in [4.69, 9.17) is 14.5 Å². The second-order valence-electron chi connectivity index (χ2n) is 6.20. The van der Waals surface area contributed by atoms with Gasteiger partial charge in [0.15, 0.2) is 5.75 Å². The molecule has 0 saturated heterocycles. The van der Waals surface area contributed by atoms with E-state index in [0.29, 0.717) is 58.9 Å². The first kappa shape index (κ1) is 19.4. The van der Waals surface area contributed by atoms with Crippen molar-refractivity contribution < 1.29 is 19.6 Å². The lowest BCUT2D eigenvalue weighted by atomic mass is 10.1. The van der Waals surface area contributed by atoms with Gasteiger partial charge in [-0.2, -0.15) is 12.6 Å². The molecule has 2 aromatic heterocycles. The number of phenols is 1. The van der Waals surface area contributed by atoms with E-state index < -0.39 is 0 Å². The van der Waals surface area contributed by atoms with E-state index in [1.807, 2.05) is 31.2 Å². The number of thiol groups is 1. The summed E-state index contributed by atoms with van der Waals surface area (Å²) in [6.07, 6.45) is 1.59. The molecule has 29 heavy (non-hydrogen) atoms. The van der Waals surface area contributed by atoms with Gasteiger partial charge in [-0.3, -0.25) is 0 Å². The molecule has 2 aromatic carbocycles. The zero-order chi connectivity index (χ0) is 20.2. The molecule has 0 aliphatic rings. The molecule has 8 nitrogen and oxygen atoms in total. The fourth-order valence-corrected chi connectivity index (χ4v) is 3.06. The Hall–Kier alpha value is -2.88. The lowest BCUT2D eigenvalue weighted by molar-refractivity contribution is -0.300. The largest absolute Gasteiger partial charge is 0.505 e. The lowest BCUT2D eigenvalue weighted by Gasteiger charge is -2.10. The Labute approximate surface area is 172 Å². The maximum atomic E-state index is 10.8. The molecule has 2 heterocycles.